The summed E-state index contributed by atoms with van der Waals surface area (Å²) in [4.78, 5) is 16.7. The van der Waals surface area contributed by atoms with Crippen molar-refractivity contribution in [2.45, 2.75) is 13.8 Å². The van der Waals surface area contributed by atoms with E-state index in [2.05, 4.69) is 15.6 Å². The molecular formula is C21H21N3O2. The molecule has 0 unspecified atom stereocenters. The number of carbonyl (C=O) groups is 1. The van der Waals surface area contributed by atoms with Crippen LogP contribution in [-0.2, 0) is 0 Å². The molecule has 2 N–H and O–H groups in total. The number of ether oxygens (including phenoxy) is 1. The zero-order valence-electron chi connectivity index (χ0n) is 15.0. The largest absolute Gasteiger partial charge is 0.495 e. The van der Waals surface area contributed by atoms with Gasteiger partial charge in [0.05, 0.1) is 24.7 Å². The predicted octanol–water partition coefficient (Wildman–Crippen LogP) is 4.70. The number of amides is 1. The molecule has 0 aliphatic heterocycles. The van der Waals surface area contributed by atoms with Gasteiger partial charge in [0.1, 0.15) is 11.6 Å². The van der Waals surface area contributed by atoms with E-state index in [0.29, 0.717) is 11.4 Å². The Morgan fingerprint density at radius 3 is 2.50 bits per heavy atom. The summed E-state index contributed by atoms with van der Waals surface area (Å²) in [5.41, 5.74) is 4.52. The minimum Gasteiger partial charge on any atom is -0.495 e. The van der Waals surface area contributed by atoms with Crippen LogP contribution in [0.15, 0.2) is 60.8 Å². The molecule has 3 aromatic rings. The SMILES string of the molecule is COc1ccccc1Nc1ccc(NC(=O)c2ccc(C)c(C)c2)nc1. The Labute approximate surface area is 153 Å². The van der Waals surface area contributed by atoms with E-state index >= 15 is 0 Å². The smallest absolute Gasteiger partial charge is 0.256 e. The van der Waals surface area contributed by atoms with Crippen molar-refractivity contribution in [1.82, 2.24) is 4.98 Å². The number of para-hydroxylation sites is 2. The van der Waals surface area contributed by atoms with Gasteiger partial charge in [-0.2, -0.15) is 0 Å². The molecule has 0 saturated heterocycles. The van der Waals surface area contributed by atoms with Gasteiger partial charge in [0.2, 0.25) is 0 Å². The number of nitrogens with one attached hydrogen (secondary N) is 2. The first-order chi connectivity index (χ1) is 12.6. The number of benzene rings is 2. The Kier molecular flexibility index (Phi) is 5.17. The lowest BCUT2D eigenvalue weighted by Crippen LogP contribution is -2.13. The molecule has 1 amide bonds. The molecule has 0 radical (unpaired) electrons. The quantitative estimate of drug-likeness (QED) is 0.702. The number of hydrogen-bond donors (Lipinski definition) is 2. The van der Waals surface area contributed by atoms with E-state index in [1.165, 1.54) is 0 Å². The molecule has 5 heteroatoms. The number of anilines is 3. The number of aromatic nitrogens is 1. The Morgan fingerprint density at radius 2 is 1.81 bits per heavy atom. The normalized spacial score (nSPS) is 10.3. The first-order valence-corrected chi connectivity index (χ1v) is 8.31. The zero-order chi connectivity index (χ0) is 18.5. The van der Waals surface area contributed by atoms with Crippen molar-refractivity contribution in [2.75, 3.05) is 17.7 Å². The van der Waals surface area contributed by atoms with Gasteiger partial charge in [0.15, 0.2) is 0 Å². The molecular weight excluding hydrogens is 326 g/mol. The number of rotatable bonds is 5. The van der Waals surface area contributed by atoms with Crippen molar-refractivity contribution in [1.29, 1.82) is 0 Å². The maximum Gasteiger partial charge on any atom is 0.256 e. The van der Waals surface area contributed by atoms with Gasteiger partial charge in [-0.25, -0.2) is 4.98 Å². The van der Waals surface area contributed by atoms with Crippen LogP contribution < -0.4 is 15.4 Å². The second-order valence-electron chi connectivity index (χ2n) is 6.01. The maximum atomic E-state index is 12.4. The molecule has 132 valence electrons. The summed E-state index contributed by atoms with van der Waals surface area (Å²) in [6, 6.07) is 16.9. The first-order valence-electron chi connectivity index (χ1n) is 8.31. The summed E-state index contributed by atoms with van der Waals surface area (Å²) >= 11 is 0. The Hall–Kier alpha value is -3.34. The lowest BCUT2D eigenvalue weighted by Gasteiger charge is -2.11. The van der Waals surface area contributed by atoms with Crippen LogP contribution in [-0.4, -0.2) is 18.0 Å². The van der Waals surface area contributed by atoms with Gasteiger partial charge in [0, 0.05) is 5.56 Å². The van der Waals surface area contributed by atoms with Crippen molar-refractivity contribution in [2.24, 2.45) is 0 Å². The summed E-state index contributed by atoms with van der Waals surface area (Å²) < 4.78 is 5.32. The summed E-state index contributed by atoms with van der Waals surface area (Å²) in [7, 11) is 1.63. The van der Waals surface area contributed by atoms with Crippen LogP contribution in [0, 0.1) is 13.8 Å². The van der Waals surface area contributed by atoms with Crippen LogP contribution in [0.1, 0.15) is 21.5 Å². The molecule has 0 aliphatic carbocycles. The van der Waals surface area contributed by atoms with Gasteiger partial charge in [0.25, 0.3) is 5.91 Å². The highest BCUT2D eigenvalue weighted by Crippen LogP contribution is 2.26. The standard InChI is InChI=1S/C21H21N3O2/c1-14-8-9-16(12-15(14)2)21(25)24-20-11-10-17(13-22-20)23-18-6-4-5-7-19(18)26-3/h4-13,23H,1-3H3,(H,22,24,25). The molecule has 0 spiro atoms. The first kappa shape index (κ1) is 17.5. The summed E-state index contributed by atoms with van der Waals surface area (Å²) in [5, 5.41) is 6.07. The molecule has 0 aliphatic rings. The van der Waals surface area contributed by atoms with E-state index in [-0.39, 0.29) is 5.91 Å². The lowest BCUT2D eigenvalue weighted by molar-refractivity contribution is 0.102. The fraction of sp³-hybridized carbons (Fsp3) is 0.143. The van der Waals surface area contributed by atoms with Crippen molar-refractivity contribution >= 4 is 23.1 Å². The Morgan fingerprint density at radius 1 is 1.00 bits per heavy atom. The van der Waals surface area contributed by atoms with E-state index < -0.39 is 0 Å². The average Bonchev–Trinajstić information content (AvgIpc) is 2.66. The van der Waals surface area contributed by atoms with Crippen molar-refractivity contribution in [3.8, 4) is 5.75 Å². The molecule has 0 fully saturated rings. The molecule has 5 nitrogen and oxygen atoms in total. The predicted molar refractivity (Wildman–Crippen MR) is 104 cm³/mol. The molecule has 2 aromatic carbocycles. The molecule has 0 bridgehead atoms. The maximum absolute atomic E-state index is 12.4. The lowest BCUT2D eigenvalue weighted by atomic mass is 10.1. The van der Waals surface area contributed by atoms with Crippen molar-refractivity contribution in [3.63, 3.8) is 0 Å². The van der Waals surface area contributed by atoms with Crippen LogP contribution in [0.3, 0.4) is 0 Å². The fourth-order valence-electron chi connectivity index (χ4n) is 2.52. The molecule has 0 saturated carbocycles. The van der Waals surface area contributed by atoms with E-state index in [9.17, 15) is 4.79 Å². The van der Waals surface area contributed by atoms with Crippen LogP contribution in [0.4, 0.5) is 17.2 Å². The Bertz CT molecular complexity index is 921. The van der Waals surface area contributed by atoms with Gasteiger partial charge in [-0.15, -0.1) is 0 Å². The number of hydrogen-bond acceptors (Lipinski definition) is 4. The molecule has 1 heterocycles. The van der Waals surface area contributed by atoms with Gasteiger partial charge in [-0.05, 0) is 61.4 Å². The molecule has 1 aromatic heterocycles. The zero-order valence-corrected chi connectivity index (χ0v) is 15.0. The third-order valence-electron chi connectivity index (χ3n) is 4.16. The van der Waals surface area contributed by atoms with Crippen LogP contribution in [0.25, 0.3) is 0 Å². The number of pyridine rings is 1. The fourth-order valence-corrected chi connectivity index (χ4v) is 2.52. The van der Waals surface area contributed by atoms with Gasteiger partial charge in [-0.1, -0.05) is 18.2 Å². The van der Waals surface area contributed by atoms with Crippen LogP contribution >= 0.6 is 0 Å². The summed E-state index contributed by atoms with van der Waals surface area (Å²) in [5.74, 6) is 1.07. The van der Waals surface area contributed by atoms with E-state index in [1.54, 1.807) is 19.4 Å². The van der Waals surface area contributed by atoms with Gasteiger partial charge < -0.3 is 15.4 Å². The highest BCUT2D eigenvalue weighted by molar-refractivity contribution is 6.03. The van der Waals surface area contributed by atoms with E-state index in [0.717, 1.165) is 28.3 Å². The second-order valence-corrected chi connectivity index (χ2v) is 6.01. The number of nitrogens with zero attached hydrogens (tertiary/aromatic N) is 1. The number of carbonyl (C=O) groups excluding carboxylic acids is 1. The minimum absolute atomic E-state index is 0.175. The molecule has 0 atom stereocenters. The highest BCUT2D eigenvalue weighted by Gasteiger charge is 2.08. The van der Waals surface area contributed by atoms with Crippen LogP contribution in [0.2, 0.25) is 0 Å². The van der Waals surface area contributed by atoms with Crippen molar-refractivity contribution < 1.29 is 9.53 Å². The number of methoxy groups -OCH3 is 1. The second kappa shape index (κ2) is 7.70. The number of aryl methyl sites for hydroxylation is 2. The summed E-state index contributed by atoms with van der Waals surface area (Å²) in [6.45, 7) is 4.01. The topological polar surface area (TPSA) is 63.2 Å². The highest BCUT2D eigenvalue weighted by atomic mass is 16.5. The third-order valence-corrected chi connectivity index (χ3v) is 4.16. The van der Waals surface area contributed by atoms with Gasteiger partial charge in [-0.3, -0.25) is 4.79 Å². The van der Waals surface area contributed by atoms with Gasteiger partial charge >= 0.3 is 0 Å². The third kappa shape index (κ3) is 4.00. The molecule has 3 rings (SSSR count). The van der Waals surface area contributed by atoms with E-state index in [4.69, 9.17) is 4.74 Å². The summed E-state index contributed by atoms with van der Waals surface area (Å²) in [6.07, 6.45) is 1.67. The van der Waals surface area contributed by atoms with Crippen LogP contribution in [0.5, 0.6) is 5.75 Å². The Balaban J connectivity index is 1.69. The monoisotopic (exact) mass is 347 g/mol. The van der Waals surface area contributed by atoms with Crippen molar-refractivity contribution in [3.05, 3.63) is 77.5 Å². The van der Waals surface area contributed by atoms with E-state index in [1.807, 2.05) is 62.4 Å². The minimum atomic E-state index is -0.175. The molecule has 26 heavy (non-hydrogen) atoms. The average molecular weight is 347 g/mol.